The molecule has 0 saturated carbocycles. The second-order valence-corrected chi connectivity index (χ2v) is 6.84. The highest BCUT2D eigenvalue weighted by molar-refractivity contribution is 9.10. The quantitative estimate of drug-likeness (QED) is 0.239. The molecule has 0 aliphatic rings. The minimum atomic E-state index is -0.495. The molecule has 2 amide bonds. The number of benzene rings is 2. The van der Waals surface area contributed by atoms with E-state index in [4.69, 9.17) is 9.15 Å². The summed E-state index contributed by atoms with van der Waals surface area (Å²) in [5, 5.41) is 6.22. The van der Waals surface area contributed by atoms with E-state index < -0.39 is 17.8 Å². The van der Waals surface area contributed by atoms with Crippen molar-refractivity contribution >= 4 is 39.9 Å². The molecule has 0 fully saturated rings. The van der Waals surface area contributed by atoms with Gasteiger partial charge in [-0.15, -0.1) is 0 Å². The van der Waals surface area contributed by atoms with Crippen LogP contribution in [-0.4, -0.2) is 30.5 Å². The topological polar surface area (TPSA) is 110 Å². The van der Waals surface area contributed by atoms with Gasteiger partial charge in [-0.05, 0) is 60.2 Å². The monoisotopic (exact) mass is 469 g/mol. The van der Waals surface area contributed by atoms with Gasteiger partial charge in [0, 0.05) is 4.47 Å². The lowest BCUT2D eigenvalue weighted by molar-refractivity contribution is -0.120. The van der Waals surface area contributed by atoms with Crippen molar-refractivity contribution < 1.29 is 23.5 Å². The maximum Gasteiger partial charge on any atom is 0.343 e. The van der Waals surface area contributed by atoms with Gasteiger partial charge in [-0.3, -0.25) is 9.59 Å². The number of carbonyl (C=O) groups excluding carboxylic acids is 3. The normalized spacial score (nSPS) is 10.6. The number of nitrogens with zero attached hydrogens (tertiary/aromatic N) is 1. The van der Waals surface area contributed by atoms with Crippen LogP contribution in [0.1, 0.15) is 26.5 Å². The van der Waals surface area contributed by atoms with Gasteiger partial charge in [0.2, 0.25) is 0 Å². The van der Waals surface area contributed by atoms with Gasteiger partial charge < -0.3 is 14.5 Å². The summed E-state index contributed by atoms with van der Waals surface area (Å²) < 4.78 is 11.0. The summed E-state index contributed by atoms with van der Waals surface area (Å²) in [7, 11) is 0. The van der Waals surface area contributed by atoms with Gasteiger partial charge in [-0.1, -0.05) is 22.0 Å². The van der Waals surface area contributed by atoms with Crippen LogP contribution in [0.15, 0.2) is 80.9 Å². The van der Waals surface area contributed by atoms with Crippen LogP contribution >= 0.6 is 15.9 Å². The van der Waals surface area contributed by atoms with Crippen molar-refractivity contribution in [2.45, 2.75) is 0 Å². The van der Waals surface area contributed by atoms with E-state index in [1.54, 1.807) is 48.5 Å². The maximum atomic E-state index is 12.1. The van der Waals surface area contributed by atoms with E-state index in [2.05, 4.69) is 31.8 Å². The first-order valence-corrected chi connectivity index (χ1v) is 9.52. The average Bonchev–Trinajstić information content (AvgIpc) is 3.28. The fraction of sp³-hybridized carbons (Fsp3) is 0.0476. The minimum absolute atomic E-state index is 0.118. The molecule has 2 aromatic carbocycles. The molecule has 1 heterocycles. The summed E-state index contributed by atoms with van der Waals surface area (Å²) in [6, 6.07) is 16.5. The SMILES string of the molecule is O=C(CNC(=O)c1ccco1)N/N=C/c1ccc(OC(=O)c2cccc(Br)c2)cc1. The van der Waals surface area contributed by atoms with E-state index in [0.717, 1.165) is 4.47 Å². The molecule has 1 aromatic heterocycles. The number of carbonyl (C=O) groups is 3. The highest BCUT2D eigenvalue weighted by Crippen LogP contribution is 2.16. The molecule has 0 spiro atoms. The third-order valence-corrected chi connectivity index (χ3v) is 4.20. The summed E-state index contributed by atoms with van der Waals surface area (Å²) in [5.74, 6) is -0.965. The zero-order valence-electron chi connectivity index (χ0n) is 15.5. The molecule has 0 saturated heterocycles. The Kier molecular flexibility index (Phi) is 7.12. The highest BCUT2D eigenvalue weighted by atomic mass is 79.9. The van der Waals surface area contributed by atoms with Crippen molar-refractivity contribution in [2.75, 3.05) is 6.54 Å². The molecule has 0 aliphatic heterocycles. The average molecular weight is 470 g/mol. The molecule has 0 aliphatic carbocycles. The summed E-state index contributed by atoms with van der Waals surface area (Å²) in [6.07, 6.45) is 2.79. The number of rotatable bonds is 7. The Labute approximate surface area is 180 Å². The molecule has 3 rings (SSSR count). The molecule has 0 radical (unpaired) electrons. The van der Waals surface area contributed by atoms with Crippen molar-refractivity contribution in [3.8, 4) is 5.75 Å². The van der Waals surface area contributed by atoms with Crippen molar-refractivity contribution in [1.29, 1.82) is 0 Å². The van der Waals surface area contributed by atoms with E-state index in [0.29, 0.717) is 16.9 Å². The first kappa shape index (κ1) is 21.0. The lowest BCUT2D eigenvalue weighted by Crippen LogP contribution is -2.34. The molecule has 8 nitrogen and oxygen atoms in total. The Morgan fingerprint density at radius 2 is 1.87 bits per heavy atom. The van der Waals surface area contributed by atoms with Gasteiger partial charge in [-0.2, -0.15) is 5.10 Å². The van der Waals surface area contributed by atoms with Gasteiger partial charge >= 0.3 is 5.97 Å². The van der Waals surface area contributed by atoms with Crippen molar-refractivity contribution in [1.82, 2.24) is 10.7 Å². The molecule has 0 unspecified atom stereocenters. The number of halogens is 1. The van der Waals surface area contributed by atoms with Gasteiger partial charge in [-0.25, -0.2) is 10.2 Å². The first-order valence-electron chi connectivity index (χ1n) is 8.73. The van der Waals surface area contributed by atoms with Crippen molar-refractivity contribution in [3.63, 3.8) is 0 Å². The summed E-state index contributed by atoms with van der Waals surface area (Å²) in [6.45, 7) is -0.249. The minimum Gasteiger partial charge on any atom is -0.459 e. The number of esters is 1. The van der Waals surface area contributed by atoms with Crippen LogP contribution in [0.3, 0.4) is 0 Å². The van der Waals surface area contributed by atoms with Crippen LogP contribution in [-0.2, 0) is 4.79 Å². The number of hydrogen-bond donors (Lipinski definition) is 2. The molecule has 0 bridgehead atoms. The zero-order chi connectivity index (χ0) is 21.3. The highest BCUT2D eigenvalue weighted by Gasteiger charge is 2.10. The number of hydrazone groups is 1. The van der Waals surface area contributed by atoms with Crippen LogP contribution in [0.25, 0.3) is 0 Å². The van der Waals surface area contributed by atoms with Crippen LogP contribution < -0.4 is 15.5 Å². The summed E-state index contributed by atoms with van der Waals surface area (Å²) >= 11 is 3.31. The Morgan fingerprint density at radius 3 is 2.57 bits per heavy atom. The molecule has 152 valence electrons. The lowest BCUT2D eigenvalue weighted by atomic mass is 10.2. The fourth-order valence-corrected chi connectivity index (χ4v) is 2.68. The number of ether oxygens (including phenoxy) is 1. The Hall–Kier alpha value is -3.72. The molecule has 2 N–H and O–H groups in total. The molecule has 9 heteroatoms. The molecule has 0 atom stereocenters. The predicted molar refractivity (Wildman–Crippen MR) is 112 cm³/mol. The van der Waals surface area contributed by atoms with E-state index in [-0.39, 0.29) is 12.3 Å². The Bertz CT molecular complexity index is 1060. The second-order valence-electron chi connectivity index (χ2n) is 5.92. The number of amides is 2. The van der Waals surface area contributed by atoms with Crippen molar-refractivity contribution in [3.05, 3.63) is 88.3 Å². The van der Waals surface area contributed by atoms with E-state index in [1.807, 2.05) is 6.07 Å². The van der Waals surface area contributed by atoms with E-state index >= 15 is 0 Å². The largest absolute Gasteiger partial charge is 0.459 e. The fourth-order valence-electron chi connectivity index (χ4n) is 2.28. The van der Waals surface area contributed by atoms with Crippen LogP contribution in [0.4, 0.5) is 0 Å². The van der Waals surface area contributed by atoms with Crippen LogP contribution in [0.2, 0.25) is 0 Å². The van der Waals surface area contributed by atoms with Gasteiger partial charge in [0.25, 0.3) is 11.8 Å². The smallest absolute Gasteiger partial charge is 0.343 e. The standard InChI is InChI=1S/C21H16BrN3O5/c22-16-4-1-3-15(11-16)21(28)30-17-8-6-14(7-9-17)12-24-25-19(26)13-23-20(27)18-5-2-10-29-18/h1-12H,13H2,(H,23,27)(H,25,26)/b24-12+. The molecule has 3 aromatic rings. The number of nitrogens with one attached hydrogen (secondary N) is 2. The van der Waals surface area contributed by atoms with Crippen molar-refractivity contribution in [2.24, 2.45) is 5.10 Å². The Morgan fingerprint density at radius 1 is 1.07 bits per heavy atom. The van der Waals surface area contributed by atoms with E-state index in [1.165, 1.54) is 18.5 Å². The summed E-state index contributed by atoms with van der Waals surface area (Å²) in [4.78, 5) is 35.5. The molecular weight excluding hydrogens is 454 g/mol. The van der Waals surface area contributed by atoms with Crippen LogP contribution in [0.5, 0.6) is 5.75 Å². The first-order chi connectivity index (χ1) is 14.5. The second kappa shape index (κ2) is 10.2. The van der Waals surface area contributed by atoms with E-state index in [9.17, 15) is 14.4 Å². The zero-order valence-corrected chi connectivity index (χ0v) is 17.1. The third kappa shape index (κ3) is 6.14. The predicted octanol–water partition coefficient (Wildman–Crippen LogP) is 3.14. The van der Waals surface area contributed by atoms with Gasteiger partial charge in [0.05, 0.1) is 24.6 Å². The van der Waals surface area contributed by atoms with Gasteiger partial charge in [0.15, 0.2) is 5.76 Å². The summed E-state index contributed by atoms with van der Waals surface area (Å²) in [5.41, 5.74) is 3.41. The van der Waals surface area contributed by atoms with Crippen LogP contribution in [0, 0.1) is 0 Å². The molecule has 30 heavy (non-hydrogen) atoms. The Balaban J connectivity index is 1.45. The lowest BCUT2D eigenvalue weighted by Gasteiger charge is -2.05. The third-order valence-electron chi connectivity index (χ3n) is 3.71. The number of hydrogen-bond acceptors (Lipinski definition) is 6. The van der Waals surface area contributed by atoms with Gasteiger partial charge in [0.1, 0.15) is 5.75 Å². The maximum absolute atomic E-state index is 12.1. The number of furan rings is 1. The molecular formula is C21H16BrN3O5.